The molecule has 1 heterocycles. The number of pyridine rings is 1. The molecule has 5 heteroatoms. The summed E-state index contributed by atoms with van der Waals surface area (Å²) in [5, 5.41) is 8.77. The van der Waals surface area contributed by atoms with Crippen molar-refractivity contribution in [1.29, 1.82) is 5.26 Å². The van der Waals surface area contributed by atoms with Crippen LogP contribution in [0.15, 0.2) is 17.2 Å². The molecule has 1 aromatic heterocycles. The Morgan fingerprint density at radius 1 is 1.43 bits per heavy atom. The van der Waals surface area contributed by atoms with Crippen LogP contribution in [0, 0.1) is 11.3 Å². The second kappa shape index (κ2) is 9.32. The van der Waals surface area contributed by atoms with E-state index in [0.29, 0.717) is 11.4 Å². The summed E-state index contributed by atoms with van der Waals surface area (Å²) in [5.74, 6) is 0.439. The summed E-state index contributed by atoms with van der Waals surface area (Å²) in [4.78, 5) is 3.83. The monoisotopic (exact) mass is 284 g/mol. The van der Waals surface area contributed by atoms with Crippen LogP contribution >= 0.6 is 0 Å². The Labute approximate surface area is 115 Å². The zero-order valence-corrected chi connectivity index (χ0v) is 12.1. The molecule has 0 spiro atoms. The maximum atomic E-state index is 8.48. The quantitative estimate of drug-likeness (QED) is 0.739. The van der Waals surface area contributed by atoms with Crippen molar-refractivity contribution in [3.05, 3.63) is 17.7 Å². The number of nitrogens with zero attached hydrogens (tertiary/aromatic N) is 2. The van der Waals surface area contributed by atoms with Gasteiger partial charge in [0, 0.05) is 38.8 Å². The molecule has 0 aliphatic carbocycles. The van der Waals surface area contributed by atoms with E-state index in [1.165, 1.54) is 7.11 Å². The summed E-state index contributed by atoms with van der Waals surface area (Å²) in [6.45, 7) is 4.00. The van der Waals surface area contributed by atoms with E-state index in [4.69, 9.17) is 22.6 Å². The number of hydrogen-bond acceptors (Lipinski definition) is 4. The van der Waals surface area contributed by atoms with Gasteiger partial charge in [0.05, 0.1) is 18.7 Å². The molecule has 0 saturated heterocycles. The van der Waals surface area contributed by atoms with Gasteiger partial charge in [-0.25, -0.2) is 4.98 Å². The van der Waals surface area contributed by atoms with E-state index < -0.39 is 0 Å². The number of rotatable bonds is 1. The minimum atomic E-state index is 0. The fraction of sp³-hybridized carbons (Fsp3) is 0.333. The van der Waals surface area contributed by atoms with Crippen LogP contribution in [0.5, 0.6) is 5.88 Å². The van der Waals surface area contributed by atoms with Crippen molar-refractivity contribution in [1.82, 2.24) is 4.98 Å². The summed E-state index contributed by atoms with van der Waals surface area (Å²) in [6.07, 6.45) is 0. The molecular weight excluding hydrogens is 273 g/mol. The predicted octanol–water partition coefficient (Wildman–Crippen LogP) is 1.89. The summed E-state index contributed by atoms with van der Waals surface area (Å²) < 4.78 is 4.81. The third kappa shape index (κ3) is 4.85. The maximum Gasteiger partial charge on any atom is 0.211 e. The summed E-state index contributed by atoms with van der Waals surface area (Å²) in [5.41, 5.74) is 0.404. The second-order valence-corrected chi connectivity index (χ2v) is 2.20. The first kappa shape index (κ1) is 16.2. The van der Waals surface area contributed by atoms with Crippen molar-refractivity contribution in [3.63, 3.8) is 0 Å². The van der Waals surface area contributed by atoms with Crippen LogP contribution in [-0.2, 0) is 45.3 Å². The standard InChI is InChI=1S/C7H6N2OS.C2H6.Y/c1-10-6-3-2-5(4-8)7(11)9-6;1-2;/h2-3H,1H3,(H,9,11);1-2H3;/p-1. The summed E-state index contributed by atoms with van der Waals surface area (Å²) in [7, 11) is 1.50. The molecule has 1 aromatic rings. The molecule has 1 rings (SSSR count). The number of ether oxygens (including phenoxy) is 1. The first-order chi connectivity index (χ1) is 6.27. The summed E-state index contributed by atoms with van der Waals surface area (Å²) in [6, 6.07) is 5.12. The Bertz CT molecular complexity index is 312. The third-order valence-corrected chi connectivity index (χ3v) is 1.48. The molecule has 14 heavy (non-hydrogen) atoms. The van der Waals surface area contributed by atoms with Gasteiger partial charge in [-0.3, -0.25) is 0 Å². The number of aromatic nitrogens is 1. The van der Waals surface area contributed by atoms with E-state index in [1.807, 2.05) is 19.9 Å². The van der Waals surface area contributed by atoms with E-state index in [-0.39, 0.29) is 37.7 Å². The van der Waals surface area contributed by atoms with Crippen molar-refractivity contribution in [3.8, 4) is 11.9 Å². The maximum absolute atomic E-state index is 8.48. The molecule has 73 valence electrons. The molecule has 0 aliphatic heterocycles. The Hall–Kier alpha value is -0.236. The molecule has 1 radical (unpaired) electrons. The topological polar surface area (TPSA) is 45.9 Å². The molecule has 0 bridgehead atoms. The fourth-order valence-electron chi connectivity index (χ4n) is 0.622. The van der Waals surface area contributed by atoms with E-state index in [0.717, 1.165) is 0 Å². The summed E-state index contributed by atoms with van der Waals surface area (Å²) >= 11 is 4.79. The van der Waals surface area contributed by atoms with Gasteiger partial charge in [0.15, 0.2) is 0 Å². The van der Waals surface area contributed by atoms with Gasteiger partial charge in [-0.1, -0.05) is 18.9 Å². The number of methoxy groups -OCH3 is 1. The number of hydrogen-bond donors (Lipinski definition) is 0. The van der Waals surface area contributed by atoms with Gasteiger partial charge in [0.25, 0.3) is 0 Å². The Morgan fingerprint density at radius 3 is 2.36 bits per heavy atom. The average Bonchev–Trinajstić information content (AvgIpc) is 2.20. The van der Waals surface area contributed by atoms with Crippen LogP contribution < -0.4 is 4.74 Å². The van der Waals surface area contributed by atoms with Crippen molar-refractivity contribution in [2.24, 2.45) is 0 Å². The second-order valence-electron chi connectivity index (χ2n) is 1.82. The van der Waals surface area contributed by atoms with Crippen molar-refractivity contribution in [2.45, 2.75) is 18.9 Å². The van der Waals surface area contributed by atoms with E-state index in [9.17, 15) is 0 Å². The molecule has 0 N–H and O–H groups in total. The molecule has 0 aromatic carbocycles. The minimum Gasteiger partial charge on any atom is -0.759 e. The molecular formula is C9H11N2OSY-. The average molecular weight is 284 g/mol. The molecule has 0 aliphatic rings. The van der Waals surface area contributed by atoms with Gasteiger partial charge in [-0.15, -0.1) is 0 Å². The van der Waals surface area contributed by atoms with Gasteiger partial charge < -0.3 is 17.4 Å². The van der Waals surface area contributed by atoms with Crippen molar-refractivity contribution in [2.75, 3.05) is 7.11 Å². The molecule has 3 nitrogen and oxygen atoms in total. The first-order valence-corrected chi connectivity index (χ1v) is 4.31. The number of nitriles is 1. The van der Waals surface area contributed by atoms with Gasteiger partial charge >= 0.3 is 0 Å². The van der Waals surface area contributed by atoms with Crippen LogP contribution in [-0.4, -0.2) is 12.1 Å². The normalized spacial score (nSPS) is 7.29. The zero-order chi connectivity index (χ0) is 10.3. The van der Waals surface area contributed by atoms with E-state index in [1.54, 1.807) is 12.1 Å². The van der Waals surface area contributed by atoms with E-state index in [2.05, 4.69) is 4.98 Å². The SMILES string of the molecule is CC.COc1ccc(C#N)c([S-])n1.[Y]. The van der Waals surface area contributed by atoms with Crippen molar-refractivity contribution >= 4 is 12.6 Å². The largest absolute Gasteiger partial charge is 0.759 e. The molecule has 0 saturated carbocycles. The zero-order valence-electron chi connectivity index (χ0n) is 8.44. The van der Waals surface area contributed by atoms with Gasteiger partial charge in [-0.2, -0.15) is 5.26 Å². The van der Waals surface area contributed by atoms with Crippen molar-refractivity contribution < 1.29 is 37.4 Å². The Morgan fingerprint density at radius 2 is 2.00 bits per heavy atom. The van der Waals surface area contributed by atoms with Crippen LogP contribution in [0.3, 0.4) is 0 Å². The Balaban J connectivity index is 0. The van der Waals surface area contributed by atoms with Crippen LogP contribution in [0.1, 0.15) is 19.4 Å². The molecule has 0 unspecified atom stereocenters. The minimum absolute atomic E-state index is 0. The van der Waals surface area contributed by atoms with Crippen LogP contribution in [0.4, 0.5) is 0 Å². The van der Waals surface area contributed by atoms with Gasteiger partial charge in [-0.05, 0) is 6.07 Å². The smallest absolute Gasteiger partial charge is 0.211 e. The van der Waals surface area contributed by atoms with Crippen LogP contribution in [0.25, 0.3) is 0 Å². The molecule has 0 atom stereocenters. The van der Waals surface area contributed by atoms with Gasteiger partial charge in [0.2, 0.25) is 5.88 Å². The van der Waals surface area contributed by atoms with E-state index >= 15 is 0 Å². The fourth-order valence-corrected chi connectivity index (χ4v) is 0.826. The first-order valence-electron chi connectivity index (χ1n) is 3.90. The Kier molecular flexibility index (Phi) is 10.8. The molecule has 0 amide bonds. The van der Waals surface area contributed by atoms with Crippen LogP contribution in [0.2, 0.25) is 0 Å². The van der Waals surface area contributed by atoms with Gasteiger partial charge in [0.1, 0.15) is 0 Å². The molecule has 0 fully saturated rings. The predicted molar refractivity (Wildman–Crippen MR) is 52.5 cm³/mol. The third-order valence-electron chi connectivity index (χ3n) is 1.16.